The van der Waals surface area contributed by atoms with E-state index < -0.39 is 0 Å². The lowest BCUT2D eigenvalue weighted by atomic mass is 10.2. The number of anilines is 2. The van der Waals surface area contributed by atoms with Gasteiger partial charge in [-0.25, -0.2) is 9.50 Å². The summed E-state index contributed by atoms with van der Waals surface area (Å²) in [6.07, 6.45) is 0. The molecule has 1 aromatic carbocycles. The number of thiazole rings is 1. The van der Waals surface area contributed by atoms with Gasteiger partial charge in [-0.1, -0.05) is 12.1 Å². The summed E-state index contributed by atoms with van der Waals surface area (Å²) >= 11 is 1.54. The molecule has 6 nitrogen and oxygen atoms in total. The Hall–Kier alpha value is -2.80. The van der Waals surface area contributed by atoms with Gasteiger partial charge in [0.05, 0.1) is 11.4 Å². The predicted molar refractivity (Wildman–Crippen MR) is 95.8 cm³/mol. The molecule has 3 heterocycles. The largest absolute Gasteiger partial charge is 0.332 e. The van der Waals surface area contributed by atoms with Crippen LogP contribution >= 0.6 is 11.3 Å². The van der Waals surface area contributed by atoms with Crippen LogP contribution in [0.3, 0.4) is 0 Å². The van der Waals surface area contributed by atoms with Crippen LogP contribution in [0.1, 0.15) is 17.0 Å². The van der Waals surface area contributed by atoms with E-state index in [0.717, 1.165) is 39.2 Å². The van der Waals surface area contributed by atoms with Gasteiger partial charge in [0, 0.05) is 17.1 Å². The minimum atomic E-state index is 0.749. The van der Waals surface area contributed by atoms with Crippen molar-refractivity contribution in [3.05, 3.63) is 52.7 Å². The second kappa shape index (κ2) is 5.68. The number of aryl methyl sites for hydroxylation is 3. The highest BCUT2D eigenvalue weighted by Crippen LogP contribution is 2.28. The van der Waals surface area contributed by atoms with Crippen LogP contribution < -0.4 is 5.32 Å². The first kappa shape index (κ1) is 14.8. The molecule has 0 amide bonds. The van der Waals surface area contributed by atoms with Crippen molar-refractivity contribution >= 4 is 27.8 Å². The first-order chi connectivity index (χ1) is 11.6. The molecule has 0 saturated carbocycles. The Morgan fingerprint density at radius 3 is 2.79 bits per heavy atom. The van der Waals surface area contributed by atoms with Crippen LogP contribution in [0, 0.1) is 20.8 Å². The van der Waals surface area contributed by atoms with Gasteiger partial charge in [-0.15, -0.1) is 21.5 Å². The van der Waals surface area contributed by atoms with E-state index in [1.165, 1.54) is 5.56 Å². The van der Waals surface area contributed by atoms with E-state index in [-0.39, 0.29) is 0 Å². The highest BCUT2D eigenvalue weighted by Gasteiger charge is 2.14. The molecule has 0 atom stereocenters. The van der Waals surface area contributed by atoms with Gasteiger partial charge in [0.25, 0.3) is 0 Å². The molecule has 0 saturated heterocycles. The minimum Gasteiger partial charge on any atom is -0.332 e. The normalized spacial score (nSPS) is 11.1. The second-order valence-corrected chi connectivity index (χ2v) is 6.58. The molecule has 0 bridgehead atoms. The molecule has 0 radical (unpaired) electrons. The molecule has 1 N–H and O–H groups in total. The van der Waals surface area contributed by atoms with E-state index in [4.69, 9.17) is 0 Å². The molecule has 0 aliphatic carbocycles. The first-order valence-corrected chi connectivity index (χ1v) is 8.47. The summed E-state index contributed by atoms with van der Waals surface area (Å²) < 4.78 is 1.81. The number of fused-ring (bicyclic) bond motifs is 1. The van der Waals surface area contributed by atoms with Gasteiger partial charge in [0.1, 0.15) is 11.4 Å². The standard InChI is InChI=1S/C17H16N6S/c1-10-5-4-6-13(7-10)18-17-19-14(9-24-17)16-12(3)23-15(20-21-16)8-11(2)22-23/h4-9H,1-3H3,(H,18,19). The summed E-state index contributed by atoms with van der Waals surface area (Å²) in [5, 5.41) is 19.2. The quantitative estimate of drug-likeness (QED) is 0.614. The average Bonchev–Trinajstić information content (AvgIpc) is 3.14. The van der Waals surface area contributed by atoms with Gasteiger partial charge >= 0.3 is 0 Å². The molecule has 120 valence electrons. The zero-order valence-corrected chi connectivity index (χ0v) is 14.4. The highest BCUT2D eigenvalue weighted by molar-refractivity contribution is 7.14. The van der Waals surface area contributed by atoms with Crippen LogP contribution in [0.15, 0.2) is 35.7 Å². The first-order valence-electron chi connectivity index (χ1n) is 7.59. The van der Waals surface area contributed by atoms with Gasteiger partial charge in [-0.3, -0.25) is 0 Å². The molecule has 7 heteroatoms. The molecule has 24 heavy (non-hydrogen) atoms. The van der Waals surface area contributed by atoms with Crippen molar-refractivity contribution < 1.29 is 0 Å². The van der Waals surface area contributed by atoms with Crippen molar-refractivity contribution in [2.75, 3.05) is 5.32 Å². The summed E-state index contributed by atoms with van der Waals surface area (Å²) in [6, 6.07) is 10.1. The molecular formula is C17H16N6S. The fraction of sp³-hybridized carbons (Fsp3) is 0.176. The molecule has 0 unspecified atom stereocenters. The molecule has 4 rings (SSSR count). The maximum atomic E-state index is 4.64. The smallest absolute Gasteiger partial charge is 0.187 e. The highest BCUT2D eigenvalue weighted by atomic mass is 32.1. The second-order valence-electron chi connectivity index (χ2n) is 5.72. The Bertz CT molecular complexity index is 1030. The van der Waals surface area contributed by atoms with Crippen LogP contribution in [0.2, 0.25) is 0 Å². The Labute approximate surface area is 143 Å². The molecule has 0 spiro atoms. The van der Waals surface area contributed by atoms with Gasteiger partial charge in [-0.2, -0.15) is 5.10 Å². The third kappa shape index (κ3) is 2.63. The number of rotatable bonds is 3. The summed E-state index contributed by atoms with van der Waals surface area (Å²) in [7, 11) is 0. The number of hydrogen-bond donors (Lipinski definition) is 1. The van der Waals surface area contributed by atoms with Crippen molar-refractivity contribution in [2.45, 2.75) is 20.8 Å². The number of hydrogen-bond acceptors (Lipinski definition) is 6. The van der Waals surface area contributed by atoms with E-state index in [0.29, 0.717) is 0 Å². The number of benzene rings is 1. The molecule has 0 aliphatic heterocycles. The molecule has 0 aliphatic rings. The van der Waals surface area contributed by atoms with Crippen LogP contribution in [-0.2, 0) is 0 Å². The van der Waals surface area contributed by atoms with Gasteiger partial charge in [-0.05, 0) is 38.5 Å². The Kier molecular flexibility index (Phi) is 3.50. The van der Waals surface area contributed by atoms with E-state index in [1.807, 2.05) is 41.9 Å². The Morgan fingerprint density at radius 2 is 1.96 bits per heavy atom. The molecular weight excluding hydrogens is 320 g/mol. The van der Waals surface area contributed by atoms with Crippen LogP contribution in [0.25, 0.3) is 17.0 Å². The van der Waals surface area contributed by atoms with E-state index in [1.54, 1.807) is 11.3 Å². The predicted octanol–water partition coefficient (Wildman–Crippen LogP) is 3.92. The maximum Gasteiger partial charge on any atom is 0.187 e. The number of nitrogens with one attached hydrogen (secondary N) is 1. The summed E-state index contributed by atoms with van der Waals surface area (Å²) in [6.45, 7) is 6.00. The summed E-state index contributed by atoms with van der Waals surface area (Å²) in [4.78, 5) is 4.64. The van der Waals surface area contributed by atoms with Crippen molar-refractivity contribution in [2.24, 2.45) is 0 Å². The van der Waals surface area contributed by atoms with Crippen molar-refractivity contribution in [3.8, 4) is 11.4 Å². The fourth-order valence-corrected chi connectivity index (χ4v) is 3.32. The lowest BCUT2D eigenvalue weighted by Gasteiger charge is -2.04. The van der Waals surface area contributed by atoms with E-state index >= 15 is 0 Å². The van der Waals surface area contributed by atoms with Crippen molar-refractivity contribution in [1.82, 2.24) is 24.8 Å². The minimum absolute atomic E-state index is 0.749. The summed E-state index contributed by atoms with van der Waals surface area (Å²) in [5.41, 5.74) is 6.39. The SMILES string of the molecule is Cc1cccc(Nc2nc(-c3nnc4cc(C)nn4c3C)cs2)c1. The maximum absolute atomic E-state index is 4.64. The third-order valence-electron chi connectivity index (χ3n) is 3.74. The van der Waals surface area contributed by atoms with Gasteiger partial charge < -0.3 is 5.32 Å². The fourth-order valence-electron chi connectivity index (χ4n) is 2.60. The molecule has 4 aromatic rings. The topological polar surface area (TPSA) is 68.0 Å². The van der Waals surface area contributed by atoms with Crippen LogP contribution in [0.5, 0.6) is 0 Å². The zero-order chi connectivity index (χ0) is 16.7. The lowest BCUT2D eigenvalue weighted by molar-refractivity contribution is 0.842. The Balaban J connectivity index is 1.68. The number of aromatic nitrogens is 5. The monoisotopic (exact) mass is 336 g/mol. The van der Waals surface area contributed by atoms with Gasteiger partial charge in [0.15, 0.2) is 10.8 Å². The third-order valence-corrected chi connectivity index (χ3v) is 4.50. The van der Waals surface area contributed by atoms with E-state index in [2.05, 4.69) is 44.7 Å². The van der Waals surface area contributed by atoms with Crippen LogP contribution in [0.4, 0.5) is 10.8 Å². The van der Waals surface area contributed by atoms with Crippen molar-refractivity contribution in [1.29, 1.82) is 0 Å². The number of nitrogens with zero attached hydrogens (tertiary/aromatic N) is 5. The van der Waals surface area contributed by atoms with Gasteiger partial charge in [0.2, 0.25) is 0 Å². The van der Waals surface area contributed by atoms with Crippen molar-refractivity contribution in [3.63, 3.8) is 0 Å². The van der Waals surface area contributed by atoms with E-state index in [9.17, 15) is 0 Å². The molecule has 3 aromatic heterocycles. The molecule has 0 fully saturated rings. The lowest BCUT2D eigenvalue weighted by Crippen LogP contribution is -2.02. The van der Waals surface area contributed by atoms with Crippen LogP contribution in [-0.4, -0.2) is 24.8 Å². The Morgan fingerprint density at radius 1 is 1.08 bits per heavy atom. The average molecular weight is 336 g/mol. The summed E-state index contributed by atoms with van der Waals surface area (Å²) in [5.74, 6) is 0. The zero-order valence-electron chi connectivity index (χ0n) is 13.6.